The predicted molar refractivity (Wildman–Crippen MR) is 99.2 cm³/mol. The molecule has 2 N–H and O–H groups in total. The second kappa shape index (κ2) is 7.51. The van der Waals surface area contributed by atoms with E-state index in [2.05, 4.69) is 10.6 Å². The first-order chi connectivity index (χ1) is 12.1. The average Bonchev–Trinajstić information content (AvgIpc) is 3.43. The molecule has 0 atom stereocenters. The molecule has 0 heterocycles. The van der Waals surface area contributed by atoms with E-state index in [4.69, 9.17) is 0 Å². The van der Waals surface area contributed by atoms with Crippen LogP contribution < -0.4 is 10.6 Å². The molecule has 0 bridgehead atoms. The van der Waals surface area contributed by atoms with Gasteiger partial charge in [-0.15, -0.1) is 0 Å². The number of hydrogen-bond acceptors (Lipinski definition) is 2. The van der Waals surface area contributed by atoms with Crippen LogP contribution in [0, 0.1) is 0 Å². The Bertz CT molecular complexity index is 734. The zero-order chi connectivity index (χ0) is 17.7. The van der Waals surface area contributed by atoms with Crippen molar-refractivity contribution in [1.29, 1.82) is 0 Å². The number of hydrogen-bond donors (Lipinski definition) is 2. The number of carbonyl (C=O) groups is 2. The molecule has 0 aromatic heterocycles. The Morgan fingerprint density at radius 3 is 2.28 bits per heavy atom. The van der Waals surface area contributed by atoms with E-state index in [0.717, 1.165) is 36.1 Å². The van der Waals surface area contributed by atoms with Crippen LogP contribution in [0.25, 0.3) is 0 Å². The zero-order valence-electron chi connectivity index (χ0n) is 14.5. The molecule has 2 amide bonds. The van der Waals surface area contributed by atoms with E-state index >= 15 is 0 Å². The lowest BCUT2D eigenvalue weighted by Crippen LogP contribution is -2.34. The highest BCUT2D eigenvalue weighted by Gasteiger charge is 2.51. The highest BCUT2D eigenvalue weighted by Crippen LogP contribution is 2.48. The van der Waals surface area contributed by atoms with Gasteiger partial charge in [-0.25, -0.2) is 0 Å². The van der Waals surface area contributed by atoms with Gasteiger partial charge in [0.15, 0.2) is 0 Å². The van der Waals surface area contributed by atoms with Crippen molar-refractivity contribution < 1.29 is 9.59 Å². The van der Waals surface area contributed by atoms with Crippen LogP contribution in [0.4, 0.5) is 5.69 Å². The predicted octanol–water partition coefficient (Wildman–Crippen LogP) is 3.77. The van der Waals surface area contributed by atoms with Crippen molar-refractivity contribution in [2.45, 2.75) is 44.6 Å². The third-order valence-electron chi connectivity index (χ3n) is 4.68. The van der Waals surface area contributed by atoms with Crippen LogP contribution in [0.5, 0.6) is 0 Å². The van der Waals surface area contributed by atoms with Gasteiger partial charge < -0.3 is 10.6 Å². The number of nitrogens with one attached hydrogen (secondary N) is 2. The molecular weight excluding hydrogens is 312 g/mol. The van der Waals surface area contributed by atoms with Crippen molar-refractivity contribution in [3.05, 3.63) is 65.7 Å². The molecule has 25 heavy (non-hydrogen) atoms. The zero-order valence-corrected chi connectivity index (χ0v) is 14.5. The number of benzene rings is 2. The molecule has 0 radical (unpaired) electrons. The van der Waals surface area contributed by atoms with E-state index in [0.29, 0.717) is 13.0 Å². The first-order valence-electron chi connectivity index (χ1n) is 8.87. The Morgan fingerprint density at radius 1 is 1.00 bits per heavy atom. The molecule has 130 valence electrons. The molecule has 0 aliphatic heterocycles. The third kappa shape index (κ3) is 4.08. The van der Waals surface area contributed by atoms with Gasteiger partial charge in [0.25, 0.3) is 0 Å². The van der Waals surface area contributed by atoms with E-state index in [1.807, 2.05) is 61.5 Å². The summed E-state index contributed by atoms with van der Waals surface area (Å²) in [6.45, 7) is 2.53. The summed E-state index contributed by atoms with van der Waals surface area (Å²) in [4.78, 5) is 24.3. The standard InChI is InChI=1S/C21H24N2O2/c1-2-6-19(24)23-18-11-9-17(10-12-18)21(13-14-21)20(25)22-15-16-7-4-3-5-8-16/h3-5,7-12H,2,6,13-15H2,1H3,(H,22,25)(H,23,24). The molecule has 0 spiro atoms. The smallest absolute Gasteiger partial charge is 0.230 e. The number of carbonyl (C=O) groups excluding carboxylic acids is 2. The van der Waals surface area contributed by atoms with Gasteiger partial charge in [0.05, 0.1) is 5.41 Å². The normalized spacial score (nSPS) is 14.6. The Kier molecular flexibility index (Phi) is 5.17. The first kappa shape index (κ1) is 17.2. The molecule has 0 unspecified atom stereocenters. The Hall–Kier alpha value is -2.62. The minimum Gasteiger partial charge on any atom is -0.351 e. The summed E-state index contributed by atoms with van der Waals surface area (Å²) in [6.07, 6.45) is 3.09. The summed E-state index contributed by atoms with van der Waals surface area (Å²) in [6, 6.07) is 17.6. The van der Waals surface area contributed by atoms with E-state index in [1.165, 1.54) is 0 Å². The topological polar surface area (TPSA) is 58.2 Å². The summed E-state index contributed by atoms with van der Waals surface area (Å²) in [5.41, 5.74) is 2.50. The van der Waals surface area contributed by atoms with Crippen LogP contribution in [0.1, 0.15) is 43.7 Å². The average molecular weight is 336 g/mol. The summed E-state index contributed by atoms with van der Waals surface area (Å²) in [5, 5.41) is 5.93. The number of anilines is 1. The van der Waals surface area contributed by atoms with Crippen LogP contribution in [0.2, 0.25) is 0 Å². The molecule has 0 saturated heterocycles. The highest BCUT2D eigenvalue weighted by molar-refractivity contribution is 5.92. The second-order valence-corrected chi connectivity index (χ2v) is 6.63. The van der Waals surface area contributed by atoms with Crippen LogP contribution in [0.3, 0.4) is 0 Å². The van der Waals surface area contributed by atoms with Crippen molar-refractivity contribution >= 4 is 17.5 Å². The first-order valence-corrected chi connectivity index (χ1v) is 8.87. The van der Waals surface area contributed by atoms with E-state index in [-0.39, 0.29) is 11.8 Å². The fourth-order valence-corrected chi connectivity index (χ4v) is 3.04. The van der Waals surface area contributed by atoms with Crippen LogP contribution >= 0.6 is 0 Å². The Balaban J connectivity index is 1.62. The lowest BCUT2D eigenvalue weighted by Gasteiger charge is -2.16. The monoisotopic (exact) mass is 336 g/mol. The van der Waals surface area contributed by atoms with Crippen molar-refractivity contribution in [3.63, 3.8) is 0 Å². The molecule has 2 aromatic carbocycles. The van der Waals surface area contributed by atoms with Crippen molar-refractivity contribution in [2.75, 3.05) is 5.32 Å². The number of rotatable bonds is 7. The van der Waals surface area contributed by atoms with E-state index in [1.54, 1.807) is 0 Å². The minimum atomic E-state index is -0.402. The van der Waals surface area contributed by atoms with Gasteiger partial charge in [0.1, 0.15) is 0 Å². The maximum atomic E-state index is 12.7. The lowest BCUT2D eigenvalue weighted by atomic mass is 9.94. The maximum Gasteiger partial charge on any atom is 0.230 e. The van der Waals surface area contributed by atoms with Crippen LogP contribution in [0.15, 0.2) is 54.6 Å². The van der Waals surface area contributed by atoms with Gasteiger partial charge in [0.2, 0.25) is 11.8 Å². The summed E-state index contributed by atoms with van der Waals surface area (Å²) in [5.74, 6) is 0.108. The molecular formula is C21H24N2O2. The molecule has 4 heteroatoms. The molecule has 1 fully saturated rings. The van der Waals surface area contributed by atoms with Crippen molar-refractivity contribution in [3.8, 4) is 0 Å². The molecule has 3 rings (SSSR count). The maximum absolute atomic E-state index is 12.7. The lowest BCUT2D eigenvalue weighted by molar-refractivity contribution is -0.123. The largest absolute Gasteiger partial charge is 0.351 e. The third-order valence-corrected chi connectivity index (χ3v) is 4.68. The fourth-order valence-electron chi connectivity index (χ4n) is 3.04. The SMILES string of the molecule is CCCC(=O)Nc1ccc(C2(C(=O)NCc3ccccc3)CC2)cc1. The molecule has 1 aliphatic rings. The van der Waals surface area contributed by atoms with Crippen molar-refractivity contribution in [2.24, 2.45) is 0 Å². The molecule has 4 nitrogen and oxygen atoms in total. The number of amides is 2. The summed E-state index contributed by atoms with van der Waals surface area (Å²) >= 11 is 0. The minimum absolute atomic E-state index is 0.0250. The summed E-state index contributed by atoms with van der Waals surface area (Å²) < 4.78 is 0. The van der Waals surface area contributed by atoms with Crippen LogP contribution in [-0.4, -0.2) is 11.8 Å². The van der Waals surface area contributed by atoms with E-state index in [9.17, 15) is 9.59 Å². The van der Waals surface area contributed by atoms with Crippen molar-refractivity contribution in [1.82, 2.24) is 5.32 Å². The van der Waals surface area contributed by atoms with Crippen LogP contribution in [-0.2, 0) is 21.5 Å². The van der Waals surface area contributed by atoms with E-state index < -0.39 is 5.41 Å². The Labute approximate surface area is 148 Å². The molecule has 1 aliphatic carbocycles. The second-order valence-electron chi connectivity index (χ2n) is 6.63. The van der Waals surface area contributed by atoms with Gasteiger partial charge >= 0.3 is 0 Å². The Morgan fingerprint density at radius 2 is 1.68 bits per heavy atom. The quantitative estimate of drug-likeness (QED) is 0.808. The van der Waals surface area contributed by atoms with Gasteiger partial charge in [0, 0.05) is 18.7 Å². The molecule has 1 saturated carbocycles. The van der Waals surface area contributed by atoms with Gasteiger partial charge in [-0.3, -0.25) is 9.59 Å². The van der Waals surface area contributed by atoms with Gasteiger partial charge in [-0.2, -0.15) is 0 Å². The highest BCUT2D eigenvalue weighted by atomic mass is 16.2. The molecule has 2 aromatic rings. The fraction of sp³-hybridized carbons (Fsp3) is 0.333. The van der Waals surface area contributed by atoms with Gasteiger partial charge in [-0.1, -0.05) is 49.4 Å². The van der Waals surface area contributed by atoms with Gasteiger partial charge in [-0.05, 0) is 42.5 Å². The summed E-state index contributed by atoms with van der Waals surface area (Å²) in [7, 11) is 0.